The van der Waals surface area contributed by atoms with Crippen molar-refractivity contribution in [2.24, 2.45) is 0 Å². The monoisotopic (exact) mass is 218 g/mol. The van der Waals surface area contributed by atoms with Crippen molar-refractivity contribution in [1.29, 1.82) is 0 Å². The van der Waals surface area contributed by atoms with Crippen LogP contribution in [0.1, 0.15) is 13.3 Å². The summed E-state index contributed by atoms with van der Waals surface area (Å²) in [5.74, 6) is -0.796. The summed E-state index contributed by atoms with van der Waals surface area (Å²) in [6, 6.07) is 0. The predicted octanol–water partition coefficient (Wildman–Crippen LogP) is -1.36. The first-order valence-corrected chi connectivity index (χ1v) is 4.66. The van der Waals surface area contributed by atoms with Crippen molar-refractivity contribution in [2.45, 2.75) is 18.9 Å². The predicted molar refractivity (Wildman–Crippen MR) is 54.2 cm³/mol. The van der Waals surface area contributed by atoms with Gasteiger partial charge >= 0.3 is 5.97 Å². The first-order valence-electron chi connectivity index (χ1n) is 4.66. The van der Waals surface area contributed by atoms with E-state index < -0.39 is 11.6 Å². The molecule has 0 aliphatic carbocycles. The molecule has 88 valence electrons. The molecule has 0 aliphatic rings. The van der Waals surface area contributed by atoms with Gasteiger partial charge in [-0.15, -0.1) is 0 Å². The molecule has 0 rings (SSSR count). The summed E-state index contributed by atoms with van der Waals surface area (Å²) in [7, 11) is 2.76. The molecule has 15 heavy (non-hydrogen) atoms. The van der Waals surface area contributed by atoms with E-state index in [1.54, 1.807) is 7.05 Å². The molecule has 0 spiro atoms. The third-order valence-corrected chi connectivity index (χ3v) is 1.90. The average molecular weight is 218 g/mol. The second-order valence-electron chi connectivity index (χ2n) is 3.37. The molecule has 1 amide bonds. The van der Waals surface area contributed by atoms with Crippen LogP contribution in [-0.4, -0.2) is 49.8 Å². The van der Waals surface area contributed by atoms with E-state index in [0.29, 0.717) is 13.0 Å². The number of carbonyl (C=O) groups is 2. The lowest BCUT2D eigenvalue weighted by molar-refractivity contribution is -0.159. The number of ether oxygens (including phenoxy) is 1. The van der Waals surface area contributed by atoms with Crippen molar-refractivity contribution < 1.29 is 19.4 Å². The topological polar surface area (TPSA) is 87.7 Å². The fraction of sp³-hybridized carbons (Fsp3) is 0.778. The van der Waals surface area contributed by atoms with Crippen LogP contribution >= 0.6 is 0 Å². The lowest BCUT2D eigenvalue weighted by atomic mass is 10.1. The third kappa shape index (κ3) is 5.34. The number of hydrogen-bond acceptors (Lipinski definition) is 5. The molecule has 0 heterocycles. The first kappa shape index (κ1) is 13.9. The number of methoxy groups -OCH3 is 1. The van der Waals surface area contributed by atoms with E-state index in [1.807, 2.05) is 0 Å². The van der Waals surface area contributed by atoms with Crippen molar-refractivity contribution >= 4 is 11.9 Å². The molecule has 0 saturated heterocycles. The van der Waals surface area contributed by atoms with Crippen molar-refractivity contribution in [3.05, 3.63) is 0 Å². The van der Waals surface area contributed by atoms with Gasteiger partial charge in [0.2, 0.25) is 5.91 Å². The molecule has 0 fully saturated rings. The van der Waals surface area contributed by atoms with Crippen molar-refractivity contribution in [1.82, 2.24) is 10.6 Å². The zero-order valence-electron chi connectivity index (χ0n) is 9.29. The van der Waals surface area contributed by atoms with E-state index in [2.05, 4.69) is 15.4 Å². The first-order chi connectivity index (χ1) is 6.94. The Morgan fingerprint density at radius 1 is 1.47 bits per heavy atom. The standard InChI is InChI=1S/C9H18N2O4/c1-9(14,8(13)15-3)6-11-5-4-7(12)10-2/h11,14H,4-6H2,1-3H3,(H,10,12). The summed E-state index contributed by atoms with van der Waals surface area (Å²) in [6.45, 7) is 1.80. The van der Waals surface area contributed by atoms with E-state index in [-0.39, 0.29) is 12.5 Å². The number of aliphatic hydroxyl groups is 1. The maximum absolute atomic E-state index is 11.0. The molecule has 1 atom stereocenters. The highest BCUT2D eigenvalue weighted by molar-refractivity contribution is 5.79. The van der Waals surface area contributed by atoms with Crippen molar-refractivity contribution in [3.63, 3.8) is 0 Å². The van der Waals surface area contributed by atoms with Gasteiger partial charge in [0.05, 0.1) is 7.11 Å². The molecular weight excluding hydrogens is 200 g/mol. The lowest BCUT2D eigenvalue weighted by Gasteiger charge is -2.20. The minimum absolute atomic E-state index is 0.0522. The van der Waals surface area contributed by atoms with Crippen molar-refractivity contribution in [2.75, 3.05) is 27.2 Å². The molecule has 6 heteroatoms. The van der Waals surface area contributed by atoms with Gasteiger partial charge in [0.25, 0.3) is 0 Å². The normalized spacial score (nSPS) is 14.1. The van der Waals surface area contributed by atoms with Crippen LogP contribution in [0.2, 0.25) is 0 Å². The summed E-state index contributed by atoms with van der Waals surface area (Å²) in [5.41, 5.74) is -1.56. The molecular formula is C9H18N2O4. The summed E-state index contributed by atoms with van der Waals surface area (Å²) >= 11 is 0. The number of esters is 1. The average Bonchev–Trinajstić information content (AvgIpc) is 2.22. The summed E-state index contributed by atoms with van der Waals surface area (Å²) in [6.07, 6.45) is 0.299. The lowest BCUT2D eigenvalue weighted by Crippen LogP contribution is -2.46. The van der Waals surface area contributed by atoms with E-state index in [1.165, 1.54) is 14.0 Å². The molecule has 0 aromatic carbocycles. The van der Waals surface area contributed by atoms with Crippen LogP contribution in [0.5, 0.6) is 0 Å². The van der Waals surface area contributed by atoms with Crippen LogP contribution in [-0.2, 0) is 14.3 Å². The number of nitrogens with one attached hydrogen (secondary N) is 2. The number of hydrogen-bond donors (Lipinski definition) is 3. The molecule has 0 aromatic rings. The largest absolute Gasteiger partial charge is 0.467 e. The maximum atomic E-state index is 11.0. The van der Waals surface area contributed by atoms with Gasteiger partial charge in [-0.05, 0) is 6.92 Å². The van der Waals surface area contributed by atoms with Crippen LogP contribution in [0.25, 0.3) is 0 Å². The Kier molecular flexibility index (Phi) is 5.88. The van der Waals surface area contributed by atoms with E-state index in [9.17, 15) is 14.7 Å². The fourth-order valence-electron chi connectivity index (χ4n) is 0.951. The molecule has 0 bridgehead atoms. The van der Waals surface area contributed by atoms with E-state index in [0.717, 1.165) is 0 Å². The van der Waals surface area contributed by atoms with Gasteiger partial charge in [0.1, 0.15) is 0 Å². The van der Waals surface area contributed by atoms with Crippen molar-refractivity contribution in [3.8, 4) is 0 Å². The maximum Gasteiger partial charge on any atom is 0.338 e. The Morgan fingerprint density at radius 3 is 2.53 bits per heavy atom. The summed E-state index contributed by atoms with van der Waals surface area (Å²) < 4.78 is 4.41. The smallest absolute Gasteiger partial charge is 0.338 e. The molecule has 6 nitrogen and oxygen atoms in total. The number of carbonyl (C=O) groups excluding carboxylic acids is 2. The Hall–Kier alpha value is -1.14. The Bertz CT molecular complexity index is 228. The summed E-state index contributed by atoms with van der Waals surface area (Å²) in [5, 5.41) is 14.8. The van der Waals surface area contributed by atoms with Gasteiger partial charge in [-0.25, -0.2) is 4.79 Å². The van der Waals surface area contributed by atoms with Gasteiger partial charge in [0.15, 0.2) is 5.60 Å². The second-order valence-corrected chi connectivity index (χ2v) is 3.37. The van der Waals surface area contributed by atoms with Gasteiger partial charge in [0, 0.05) is 26.6 Å². The molecule has 0 aromatic heterocycles. The highest BCUT2D eigenvalue weighted by Gasteiger charge is 2.30. The highest BCUT2D eigenvalue weighted by Crippen LogP contribution is 2.03. The van der Waals surface area contributed by atoms with Crippen LogP contribution in [0, 0.1) is 0 Å². The highest BCUT2D eigenvalue weighted by atomic mass is 16.5. The van der Waals surface area contributed by atoms with Crippen LogP contribution in [0.4, 0.5) is 0 Å². The minimum atomic E-state index is -1.56. The zero-order valence-corrected chi connectivity index (χ0v) is 9.29. The molecule has 0 aliphatic heterocycles. The van der Waals surface area contributed by atoms with Crippen LogP contribution in [0.15, 0.2) is 0 Å². The quantitative estimate of drug-likeness (QED) is 0.378. The van der Waals surface area contributed by atoms with E-state index in [4.69, 9.17) is 0 Å². The SMILES string of the molecule is CNC(=O)CCNCC(C)(O)C(=O)OC. The second kappa shape index (κ2) is 6.36. The number of rotatable bonds is 6. The molecule has 0 radical (unpaired) electrons. The fourth-order valence-corrected chi connectivity index (χ4v) is 0.951. The van der Waals surface area contributed by atoms with Gasteiger partial charge in [-0.2, -0.15) is 0 Å². The van der Waals surface area contributed by atoms with Gasteiger partial charge in [-0.1, -0.05) is 0 Å². The van der Waals surface area contributed by atoms with Crippen LogP contribution < -0.4 is 10.6 Å². The van der Waals surface area contributed by atoms with Gasteiger partial charge in [-0.3, -0.25) is 4.79 Å². The van der Waals surface area contributed by atoms with Gasteiger partial charge < -0.3 is 20.5 Å². The third-order valence-electron chi connectivity index (χ3n) is 1.90. The van der Waals surface area contributed by atoms with E-state index >= 15 is 0 Å². The Balaban J connectivity index is 3.75. The Morgan fingerprint density at radius 2 is 2.07 bits per heavy atom. The molecule has 0 saturated carbocycles. The van der Waals surface area contributed by atoms with Crippen LogP contribution in [0.3, 0.4) is 0 Å². The zero-order chi connectivity index (χ0) is 11.9. The molecule has 1 unspecified atom stereocenters. The summed E-state index contributed by atoms with van der Waals surface area (Å²) in [4.78, 5) is 21.8. The minimum Gasteiger partial charge on any atom is -0.467 e. The number of amides is 1. The molecule has 3 N–H and O–H groups in total. The Labute approximate surface area is 89.0 Å².